The van der Waals surface area contributed by atoms with Crippen LogP contribution in [0.1, 0.15) is 28.1 Å². The molecule has 5 nitrogen and oxygen atoms in total. The summed E-state index contributed by atoms with van der Waals surface area (Å²) < 4.78 is 0. The number of anilines is 1. The fraction of sp³-hybridized carbons (Fsp3) is 0.400. The first-order valence-electron chi connectivity index (χ1n) is 8.90. The molecule has 2 amide bonds. The van der Waals surface area contributed by atoms with E-state index in [1.807, 2.05) is 49.8 Å². The van der Waals surface area contributed by atoms with Gasteiger partial charge in [-0.1, -0.05) is 18.2 Å². The van der Waals surface area contributed by atoms with Crippen LogP contribution in [0.3, 0.4) is 0 Å². The molecule has 0 aliphatic carbocycles. The van der Waals surface area contributed by atoms with Gasteiger partial charge in [0.1, 0.15) is 0 Å². The second-order valence-electron chi connectivity index (χ2n) is 6.91. The first kappa shape index (κ1) is 18.6. The fourth-order valence-corrected chi connectivity index (χ4v) is 3.93. The molecule has 138 valence electrons. The maximum absolute atomic E-state index is 12.2. The van der Waals surface area contributed by atoms with E-state index in [2.05, 4.69) is 16.3 Å². The number of rotatable bonds is 5. The fourth-order valence-electron chi connectivity index (χ4n) is 3.31. The van der Waals surface area contributed by atoms with Crippen LogP contribution in [0.4, 0.5) is 5.69 Å². The highest BCUT2D eigenvalue weighted by molar-refractivity contribution is 7.12. The second kappa shape index (κ2) is 8.47. The second-order valence-corrected chi connectivity index (χ2v) is 7.86. The van der Waals surface area contributed by atoms with Crippen LogP contribution in [0.15, 0.2) is 41.8 Å². The number of nitrogens with zero attached hydrogens (tertiary/aromatic N) is 2. The molecule has 1 aliphatic heterocycles. The molecule has 1 aromatic heterocycles. The molecule has 2 heterocycles. The highest BCUT2D eigenvalue weighted by Crippen LogP contribution is 2.22. The first-order chi connectivity index (χ1) is 12.5. The van der Waals surface area contributed by atoms with Crippen molar-refractivity contribution in [2.24, 2.45) is 5.92 Å². The van der Waals surface area contributed by atoms with E-state index in [-0.39, 0.29) is 17.7 Å². The highest BCUT2D eigenvalue weighted by atomic mass is 32.1. The van der Waals surface area contributed by atoms with Crippen LogP contribution in [0.2, 0.25) is 0 Å². The average molecular weight is 372 g/mol. The largest absolute Gasteiger partial charge is 0.349 e. The Balaban J connectivity index is 1.55. The molecule has 26 heavy (non-hydrogen) atoms. The standard InChI is InChI=1S/C20H25N3O2S/c1-22(2)20(25)16-8-10-23(11-9-16)14-15-5-3-6-17(13-15)21-19(24)18-7-4-12-26-18/h3-7,12-13,16H,8-11,14H2,1-2H3,(H,21,24). The molecular weight excluding hydrogens is 346 g/mol. The van der Waals surface area contributed by atoms with Crippen LogP contribution < -0.4 is 5.32 Å². The van der Waals surface area contributed by atoms with E-state index < -0.39 is 0 Å². The Morgan fingerprint density at radius 2 is 1.96 bits per heavy atom. The topological polar surface area (TPSA) is 52.7 Å². The van der Waals surface area contributed by atoms with Crippen LogP contribution in [0.25, 0.3) is 0 Å². The van der Waals surface area contributed by atoms with E-state index in [4.69, 9.17) is 0 Å². The number of carbonyl (C=O) groups is 2. The van der Waals surface area contributed by atoms with E-state index in [1.165, 1.54) is 16.9 Å². The molecule has 1 N–H and O–H groups in total. The summed E-state index contributed by atoms with van der Waals surface area (Å²) in [4.78, 5) is 29.0. The predicted molar refractivity (Wildman–Crippen MR) is 105 cm³/mol. The lowest BCUT2D eigenvalue weighted by Gasteiger charge is -2.32. The Bertz CT molecular complexity index is 750. The Morgan fingerprint density at radius 3 is 2.62 bits per heavy atom. The monoisotopic (exact) mass is 371 g/mol. The number of hydrogen-bond donors (Lipinski definition) is 1. The zero-order valence-electron chi connectivity index (χ0n) is 15.3. The van der Waals surface area contributed by atoms with E-state index in [0.717, 1.165) is 38.2 Å². The van der Waals surface area contributed by atoms with Crippen molar-refractivity contribution in [2.45, 2.75) is 19.4 Å². The van der Waals surface area contributed by atoms with E-state index in [9.17, 15) is 9.59 Å². The minimum absolute atomic E-state index is 0.0693. The van der Waals surface area contributed by atoms with Crippen molar-refractivity contribution in [1.82, 2.24) is 9.80 Å². The van der Waals surface area contributed by atoms with Gasteiger partial charge in [-0.25, -0.2) is 0 Å². The summed E-state index contributed by atoms with van der Waals surface area (Å²) >= 11 is 1.44. The molecular formula is C20H25N3O2S. The SMILES string of the molecule is CN(C)C(=O)C1CCN(Cc2cccc(NC(=O)c3cccs3)c2)CC1. The van der Waals surface area contributed by atoms with Crippen LogP contribution in [0, 0.1) is 5.92 Å². The number of thiophene rings is 1. The quantitative estimate of drug-likeness (QED) is 0.877. The number of hydrogen-bond acceptors (Lipinski definition) is 4. The number of nitrogens with one attached hydrogen (secondary N) is 1. The molecule has 1 aromatic carbocycles. The number of likely N-dealkylation sites (tertiary alicyclic amines) is 1. The van der Waals surface area contributed by atoms with Gasteiger partial charge in [-0.05, 0) is 55.1 Å². The van der Waals surface area contributed by atoms with Crippen molar-refractivity contribution in [3.8, 4) is 0 Å². The third-order valence-electron chi connectivity index (χ3n) is 4.71. The third-order valence-corrected chi connectivity index (χ3v) is 5.58. The first-order valence-corrected chi connectivity index (χ1v) is 9.78. The lowest BCUT2D eigenvalue weighted by atomic mass is 9.95. The van der Waals surface area contributed by atoms with Crippen molar-refractivity contribution in [2.75, 3.05) is 32.5 Å². The molecule has 0 saturated carbocycles. The number of benzene rings is 1. The van der Waals surface area contributed by atoms with Gasteiger partial charge in [0, 0.05) is 32.2 Å². The summed E-state index contributed by atoms with van der Waals surface area (Å²) in [5.41, 5.74) is 1.99. The smallest absolute Gasteiger partial charge is 0.265 e. The normalized spacial score (nSPS) is 15.6. The molecule has 0 atom stereocenters. The van der Waals surface area contributed by atoms with Crippen LogP contribution in [-0.2, 0) is 11.3 Å². The molecule has 0 unspecified atom stereocenters. The van der Waals surface area contributed by atoms with Gasteiger partial charge in [0.05, 0.1) is 4.88 Å². The molecule has 6 heteroatoms. The maximum atomic E-state index is 12.2. The number of piperidine rings is 1. The molecule has 1 fully saturated rings. The number of carbonyl (C=O) groups excluding carboxylic acids is 2. The van der Waals surface area contributed by atoms with Gasteiger partial charge in [-0.2, -0.15) is 0 Å². The zero-order chi connectivity index (χ0) is 18.5. The maximum Gasteiger partial charge on any atom is 0.265 e. The van der Waals surface area contributed by atoms with E-state index in [0.29, 0.717) is 4.88 Å². The van der Waals surface area contributed by atoms with Gasteiger partial charge in [0.25, 0.3) is 5.91 Å². The number of amides is 2. The van der Waals surface area contributed by atoms with Gasteiger partial charge in [-0.15, -0.1) is 11.3 Å². The highest BCUT2D eigenvalue weighted by Gasteiger charge is 2.25. The molecule has 1 saturated heterocycles. The van der Waals surface area contributed by atoms with Gasteiger partial charge in [-0.3, -0.25) is 14.5 Å². The average Bonchev–Trinajstić information content (AvgIpc) is 3.17. The third kappa shape index (κ3) is 4.71. The molecule has 1 aliphatic rings. The Morgan fingerprint density at radius 1 is 1.19 bits per heavy atom. The Kier molecular flexibility index (Phi) is 6.06. The van der Waals surface area contributed by atoms with E-state index in [1.54, 1.807) is 4.90 Å². The van der Waals surface area contributed by atoms with Crippen molar-refractivity contribution >= 4 is 28.8 Å². The van der Waals surface area contributed by atoms with Gasteiger partial charge < -0.3 is 10.2 Å². The lowest BCUT2D eigenvalue weighted by molar-refractivity contribution is -0.134. The summed E-state index contributed by atoms with van der Waals surface area (Å²) in [6.45, 7) is 2.69. The van der Waals surface area contributed by atoms with Crippen molar-refractivity contribution in [3.63, 3.8) is 0 Å². The predicted octanol–water partition coefficient (Wildman–Crippen LogP) is 3.30. The Labute approximate surface area is 158 Å². The minimum Gasteiger partial charge on any atom is -0.349 e. The van der Waals surface area contributed by atoms with Gasteiger partial charge in [0.15, 0.2) is 0 Å². The van der Waals surface area contributed by atoms with E-state index >= 15 is 0 Å². The summed E-state index contributed by atoms with van der Waals surface area (Å²) in [7, 11) is 3.65. The Hall–Kier alpha value is -2.18. The van der Waals surface area contributed by atoms with Crippen molar-refractivity contribution in [3.05, 3.63) is 52.2 Å². The summed E-state index contributed by atoms with van der Waals surface area (Å²) in [5, 5.41) is 4.86. The molecule has 2 aromatic rings. The molecule has 0 spiro atoms. The molecule has 3 rings (SSSR count). The molecule has 0 radical (unpaired) electrons. The van der Waals surface area contributed by atoms with Crippen LogP contribution in [-0.4, -0.2) is 48.8 Å². The molecule has 0 bridgehead atoms. The zero-order valence-corrected chi connectivity index (χ0v) is 16.1. The summed E-state index contributed by atoms with van der Waals surface area (Å²) in [5.74, 6) is 0.320. The van der Waals surface area contributed by atoms with Gasteiger partial charge >= 0.3 is 0 Å². The summed E-state index contributed by atoms with van der Waals surface area (Å²) in [6.07, 6.45) is 1.82. The van der Waals surface area contributed by atoms with Crippen molar-refractivity contribution in [1.29, 1.82) is 0 Å². The van der Waals surface area contributed by atoms with Crippen LogP contribution >= 0.6 is 11.3 Å². The van der Waals surface area contributed by atoms with Gasteiger partial charge in [0.2, 0.25) is 5.91 Å². The lowest BCUT2D eigenvalue weighted by Crippen LogP contribution is -2.39. The minimum atomic E-state index is -0.0693. The van der Waals surface area contributed by atoms with Crippen LogP contribution in [0.5, 0.6) is 0 Å². The van der Waals surface area contributed by atoms with Crippen molar-refractivity contribution < 1.29 is 9.59 Å². The summed E-state index contributed by atoms with van der Waals surface area (Å²) in [6, 6.07) is 11.7.